The van der Waals surface area contributed by atoms with Gasteiger partial charge in [-0.25, -0.2) is 5.43 Å². The van der Waals surface area contributed by atoms with Gasteiger partial charge >= 0.3 is 11.8 Å². The summed E-state index contributed by atoms with van der Waals surface area (Å²) in [6, 6.07) is 19.6. The summed E-state index contributed by atoms with van der Waals surface area (Å²) in [4.78, 5) is 35.8. The number of rotatable bonds is 8. The summed E-state index contributed by atoms with van der Waals surface area (Å²) in [6.45, 7) is 3.92. The molecule has 9 heteroatoms. The number of nitrogens with zero attached hydrogens (tertiary/aromatic N) is 1. The average Bonchev–Trinajstić information content (AvgIpc) is 2.85. The van der Waals surface area contributed by atoms with Crippen molar-refractivity contribution in [3.8, 4) is 5.75 Å². The predicted molar refractivity (Wildman–Crippen MR) is 136 cm³/mol. The van der Waals surface area contributed by atoms with Crippen LogP contribution >= 0.6 is 11.6 Å². The summed E-state index contributed by atoms with van der Waals surface area (Å²) in [6.07, 6.45) is 1.39. The molecule has 0 saturated carbocycles. The summed E-state index contributed by atoms with van der Waals surface area (Å²) >= 11 is 6.06. The summed E-state index contributed by atoms with van der Waals surface area (Å²) in [7, 11) is 0. The Balaban J connectivity index is 1.40. The number of carbonyl (C=O) groups excluding carboxylic acids is 3. The molecule has 0 radical (unpaired) electrons. The number of anilines is 1. The van der Waals surface area contributed by atoms with Crippen molar-refractivity contribution < 1.29 is 19.1 Å². The molecule has 0 bridgehead atoms. The van der Waals surface area contributed by atoms with E-state index in [9.17, 15) is 14.4 Å². The van der Waals surface area contributed by atoms with E-state index in [0.717, 1.165) is 16.7 Å². The quantitative estimate of drug-likeness (QED) is 0.253. The van der Waals surface area contributed by atoms with Crippen molar-refractivity contribution in [3.63, 3.8) is 0 Å². The van der Waals surface area contributed by atoms with Crippen molar-refractivity contribution in [2.75, 3.05) is 11.9 Å². The van der Waals surface area contributed by atoms with Crippen molar-refractivity contribution in [1.29, 1.82) is 0 Å². The molecule has 0 spiro atoms. The van der Waals surface area contributed by atoms with Crippen LogP contribution in [0.4, 0.5) is 5.69 Å². The zero-order valence-electron chi connectivity index (χ0n) is 19.3. The van der Waals surface area contributed by atoms with Crippen LogP contribution in [0.5, 0.6) is 5.75 Å². The van der Waals surface area contributed by atoms with E-state index in [1.54, 1.807) is 36.4 Å². The van der Waals surface area contributed by atoms with E-state index >= 15 is 0 Å². The van der Waals surface area contributed by atoms with Crippen LogP contribution in [-0.4, -0.2) is 30.5 Å². The Hall–Kier alpha value is -4.17. The lowest BCUT2D eigenvalue weighted by Crippen LogP contribution is -2.37. The molecular formula is C26H25ClN4O4. The van der Waals surface area contributed by atoms with E-state index < -0.39 is 11.8 Å². The topological polar surface area (TPSA) is 109 Å². The molecule has 0 unspecified atom stereocenters. The summed E-state index contributed by atoms with van der Waals surface area (Å²) in [5.41, 5.74) is 6.36. The number of hydrazone groups is 1. The van der Waals surface area contributed by atoms with Gasteiger partial charge in [-0.05, 0) is 66.9 Å². The minimum absolute atomic E-state index is 0.174. The van der Waals surface area contributed by atoms with Crippen LogP contribution in [-0.2, 0) is 20.9 Å². The van der Waals surface area contributed by atoms with Crippen LogP contribution in [0, 0.1) is 13.8 Å². The minimum atomic E-state index is -0.866. The number of hydrogen-bond acceptors (Lipinski definition) is 5. The fraction of sp³-hybridized carbons (Fsp3) is 0.154. The van der Waals surface area contributed by atoms with E-state index in [1.165, 1.54) is 6.21 Å². The van der Waals surface area contributed by atoms with Crippen molar-refractivity contribution in [1.82, 2.24) is 10.7 Å². The van der Waals surface area contributed by atoms with E-state index in [2.05, 4.69) is 21.2 Å². The molecule has 3 N–H and O–H groups in total. The standard InChI is InChI=1S/C26H25ClN4O4/c1-17-3-6-19(7-4-17)14-28-25(33)26(34)31-29-15-20-8-11-22(12-9-20)35-16-24(32)30-21-10-5-18(2)23(27)13-21/h3-13,15H,14,16H2,1-2H3,(H,28,33)(H,30,32)(H,31,34)/b29-15-. The third-order valence-corrected chi connectivity index (χ3v) is 5.27. The Morgan fingerprint density at radius 1 is 0.943 bits per heavy atom. The number of amides is 3. The van der Waals surface area contributed by atoms with Crippen LogP contribution in [0.25, 0.3) is 0 Å². The van der Waals surface area contributed by atoms with E-state index in [0.29, 0.717) is 22.0 Å². The van der Waals surface area contributed by atoms with Gasteiger partial charge in [0.25, 0.3) is 5.91 Å². The maximum atomic E-state index is 12.1. The molecule has 0 aromatic heterocycles. The smallest absolute Gasteiger partial charge is 0.329 e. The van der Waals surface area contributed by atoms with E-state index in [-0.39, 0.29) is 19.1 Å². The number of nitrogens with one attached hydrogen (secondary N) is 3. The minimum Gasteiger partial charge on any atom is -0.484 e. The first-order valence-electron chi connectivity index (χ1n) is 10.8. The molecule has 35 heavy (non-hydrogen) atoms. The van der Waals surface area contributed by atoms with Crippen molar-refractivity contribution in [3.05, 3.63) is 94.0 Å². The SMILES string of the molecule is Cc1ccc(CNC(=O)C(=O)N/N=C\c2ccc(OCC(=O)Nc3ccc(C)c(Cl)c3)cc2)cc1. The maximum absolute atomic E-state index is 12.1. The van der Waals surface area contributed by atoms with Gasteiger partial charge in [-0.15, -0.1) is 0 Å². The summed E-state index contributed by atoms with van der Waals surface area (Å²) < 4.78 is 5.48. The highest BCUT2D eigenvalue weighted by Crippen LogP contribution is 2.20. The first kappa shape index (κ1) is 25.5. The van der Waals surface area contributed by atoms with Gasteiger partial charge < -0.3 is 15.4 Å². The Bertz CT molecular complexity index is 1230. The molecule has 3 aromatic rings. The van der Waals surface area contributed by atoms with Gasteiger partial charge in [0.2, 0.25) is 0 Å². The highest BCUT2D eigenvalue weighted by Gasteiger charge is 2.12. The summed E-state index contributed by atoms with van der Waals surface area (Å²) in [5, 5.41) is 9.62. The Morgan fingerprint density at radius 2 is 1.66 bits per heavy atom. The number of carbonyl (C=O) groups is 3. The molecule has 0 atom stereocenters. The van der Waals surface area contributed by atoms with E-state index in [4.69, 9.17) is 16.3 Å². The number of aryl methyl sites for hydroxylation is 2. The third-order valence-electron chi connectivity index (χ3n) is 4.87. The largest absolute Gasteiger partial charge is 0.484 e. The van der Waals surface area contributed by atoms with Crippen molar-refractivity contribution in [2.24, 2.45) is 5.10 Å². The van der Waals surface area contributed by atoms with Crippen LogP contribution in [0.2, 0.25) is 5.02 Å². The molecule has 0 heterocycles. The Morgan fingerprint density at radius 3 is 2.34 bits per heavy atom. The molecule has 3 amide bonds. The highest BCUT2D eigenvalue weighted by molar-refractivity contribution is 6.35. The number of benzene rings is 3. The van der Waals surface area contributed by atoms with Crippen LogP contribution in [0.3, 0.4) is 0 Å². The second-order valence-electron chi connectivity index (χ2n) is 7.74. The number of halogens is 1. The van der Waals surface area contributed by atoms with Gasteiger partial charge in [0.05, 0.1) is 6.21 Å². The zero-order valence-corrected chi connectivity index (χ0v) is 20.1. The Labute approximate surface area is 208 Å². The second kappa shape index (κ2) is 12.3. The molecule has 0 aliphatic rings. The summed E-state index contributed by atoms with van der Waals surface area (Å²) in [5.74, 6) is -1.48. The monoisotopic (exact) mass is 492 g/mol. The van der Waals surface area contributed by atoms with Gasteiger partial charge in [0, 0.05) is 17.3 Å². The van der Waals surface area contributed by atoms with Crippen molar-refractivity contribution in [2.45, 2.75) is 20.4 Å². The van der Waals surface area contributed by atoms with Crippen LogP contribution in [0.1, 0.15) is 22.3 Å². The van der Waals surface area contributed by atoms with Gasteiger partial charge in [-0.2, -0.15) is 5.10 Å². The molecule has 180 valence electrons. The van der Waals surface area contributed by atoms with Gasteiger partial charge in [-0.1, -0.05) is 47.5 Å². The average molecular weight is 493 g/mol. The van der Waals surface area contributed by atoms with E-state index in [1.807, 2.05) is 44.2 Å². The molecule has 3 rings (SSSR count). The normalized spacial score (nSPS) is 10.6. The first-order valence-corrected chi connectivity index (χ1v) is 11.1. The van der Waals surface area contributed by atoms with Crippen LogP contribution < -0.4 is 20.8 Å². The fourth-order valence-corrected chi connectivity index (χ4v) is 3.03. The lowest BCUT2D eigenvalue weighted by atomic mass is 10.1. The molecule has 0 aliphatic heterocycles. The number of hydrogen-bond donors (Lipinski definition) is 3. The molecule has 3 aromatic carbocycles. The third kappa shape index (κ3) is 8.28. The highest BCUT2D eigenvalue weighted by atomic mass is 35.5. The zero-order chi connectivity index (χ0) is 25.2. The molecular weight excluding hydrogens is 468 g/mol. The molecule has 0 fully saturated rings. The van der Waals surface area contributed by atoms with Gasteiger partial charge in [-0.3, -0.25) is 14.4 Å². The van der Waals surface area contributed by atoms with Gasteiger partial charge in [0.15, 0.2) is 6.61 Å². The molecule has 0 aliphatic carbocycles. The Kier molecular flexibility index (Phi) is 8.97. The lowest BCUT2D eigenvalue weighted by molar-refractivity contribution is -0.139. The van der Waals surface area contributed by atoms with Crippen molar-refractivity contribution >= 4 is 41.2 Å². The molecule has 8 nitrogen and oxygen atoms in total. The number of ether oxygens (including phenoxy) is 1. The predicted octanol–water partition coefficient (Wildman–Crippen LogP) is 3.74. The van der Waals surface area contributed by atoms with Crippen LogP contribution in [0.15, 0.2) is 71.8 Å². The molecule has 0 saturated heterocycles. The lowest BCUT2D eigenvalue weighted by Gasteiger charge is -2.08. The first-order chi connectivity index (χ1) is 16.8. The fourth-order valence-electron chi connectivity index (χ4n) is 2.85. The maximum Gasteiger partial charge on any atom is 0.329 e. The second-order valence-corrected chi connectivity index (χ2v) is 8.14. The van der Waals surface area contributed by atoms with Gasteiger partial charge in [0.1, 0.15) is 5.75 Å².